The second-order valence-electron chi connectivity index (χ2n) is 4.60. The normalized spacial score (nSPS) is 13.1. The molecular formula is C14H8N3S2+. The first-order chi connectivity index (χ1) is 9.42. The molecule has 0 unspecified atom stereocenters. The molecule has 1 aliphatic rings. The third-order valence-corrected chi connectivity index (χ3v) is 6.00. The van der Waals surface area contributed by atoms with Gasteiger partial charge in [-0.15, -0.1) is 11.3 Å². The van der Waals surface area contributed by atoms with Crippen molar-refractivity contribution >= 4 is 42.3 Å². The number of aromatic nitrogens is 3. The monoisotopic (exact) mass is 282 g/mol. The summed E-state index contributed by atoms with van der Waals surface area (Å²) in [7, 11) is 0. The van der Waals surface area contributed by atoms with Gasteiger partial charge in [0.25, 0.3) is 5.01 Å². The van der Waals surface area contributed by atoms with Crippen molar-refractivity contribution in [1.29, 1.82) is 0 Å². The Morgan fingerprint density at radius 1 is 1.16 bits per heavy atom. The summed E-state index contributed by atoms with van der Waals surface area (Å²) in [6, 6.07) is 6.31. The van der Waals surface area contributed by atoms with Crippen molar-refractivity contribution in [2.75, 3.05) is 0 Å². The van der Waals surface area contributed by atoms with Gasteiger partial charge in [0.1, 0.15) is 5.69 Å². The third kappa shape index (κ3) is 1.19. The Morgan fingerprint density at radius 2 is 2.16 bits per heavy atom. The van der Waals surface area contributed by atoms with Crippen molar-refractivity contribution in [1.82, 2.24) is 9.97 Å². The number of hydrogen-bond acceptors (Lipinski definition) is 4. The molecule has 0 fully saturated rings. The summed E-state index contributed by atoms with van der Waals surface area (Å²) in [5.41, 5.74) is 3.82. The van der Waals surface area contributed by atoms with Crippen LogP contribution in [0.2, 0.25) is 0 Å². The van der Waals surface area contributed by atoms with Crippen LogP contribution < -0.4 is 4.57 Å². The molecule has 0 bridgehead atoms. The molecule has 5 heterocycles. The van der Waals surface area contributed by atoms with Crippen LogP contribution in [0.15, 0.2) is 36.8 Å². The van der Waals surface area contributed by atoms with E-state index in [1.807, 2.05) is 47.3 Å². The van der Waals surface area contributed by atoms with Crippen LogP contribution >= 0.6 is 22.7 Å². The van der Waals surface area contributed by atoms with Crippen molar-refractivity contribution in [3.05, 3.63) is 42.5 Å². The molecule has 0 spiro atoms. The van der Waals surface area contributed by atoms with Gasteiger partial charge in [0.05, 0.1) is 15.6 Å². The summed E-state index contributed by atoms with van der Waals surface area (Å²) in [4.78, 5) is 8.71. The molecule has 0 atom stereocenters. The topological polar surface area (TPSA) is 29.7 Å². The van der Waals surface area contributed by atoms with E-state index in [-0.39, 0.29) is 0 Å². The fourth-order valence-electron chi connectivity index (χ4n) is 2.74. The lowest BCUT2D eigenvalue weighted by atomic mass is 10.2. The summed E-state index contributed by atoms with van der Waals surface area (Å²) < 4.78 is 5.05. The van der Waals surface area contributed by atoms with E-state index in [9.17, 15) is 0 Å². The van der Waals surface area contributed by atoms with Gasteiger partial charge in [-0.3, -0.25) is 9.97 Å². The second kappa shape index (κ2) is 3.37. The molecule has 4 aromatic rings. The average molecular weight is 282 g/mol. The maximum atomic E-state index is 4.49. The van der Waals surface area contributed by atoms with E-state index in [0.717, 1.165) is 6.54 Å². The molecule has 5 rings (SSSR count). The lowest BCUT2D eigenvalue weighted by Gasteiger charge is -1.88. The van der Waals surface area contributed by atoms with Crippen LogP contribution in [0.4, 0.5) is 0 Å². The predicted octanol–water partition coefficient (Wildman–Crippen LogP) is 3.22. The molecule has 4 aromatic heterocycles. The van der Waals surface area contributed by atoms with Crippen LogP contribution in [-0.4, -0.2) is 9.97 Å². The standard InChI is InChI=1S/C14H8N3S2/c1-2-8-10(16-4-1)7-17-12-9-3-5-15-6-11(9)18-14(12)19-13(8)17/h1-6H,7H2/q+1. The largest absolute Gasteiger partial charge is 0.273 e. The van der Waals surface area contributed by atoms with Gasteiger partial charge in [-0.05, 0) is 18.2 Å². The van der Waals surface area contributed by atoms with Gasteiger partial charge >= 0.3 is 0 Å². The Balaban J connectivity index is 1.94. The van der Waals surface area contributed by atoms with Crippen molar-refractivity contribution in [2.45, 2.75) is 6.54 Å². The highest BCUT2D eigenvalue weighted by Gasteiger charge is 2.34. The summed E-state index contributed by atoms with van der Waals surface area (Å²) in [6.07, 6.45) is 5.71. The number of nitrogens with zero attached hydrogens (tertiary/aromatic N) is 3. The third-order valence-electron chi connectivity index (χ3n) is 3.57. The summed E-state index contributed by atoms with van der Waals surface area (Å²) in [6.45, 7) is 0.889. The Hall–Kier alpha value is -1.85. The fourth-order valence-corrected chi connectivity index (χ4v) is 5.38. The number of fused-ring (bicyclic) bond motifs is 7. The number of thiazole rings is 1. The van der Waals surface area contributed by atoms with E-state index >= 15 is 0 Å². The zero-order valence-electron chi connectivity index (χ0n) is 9.83. The van der Waals surface area contributed by atoms with Gasteiger partial charge in [-0.1, -0.05) is 11.3 Å². The van der Waals surface area contributed by atoms with Gasteiger partial charge in [0.2, 0.25) is 5.52 Å². The molecule has 5 heteroatoms. The minimum Gasteiger partial charge on any atom is -0.263 e. The quantitative estimate of drug-likeness (QED) is 0.408. The predicted molar refractivity (Wildman–Crippen MR) is 77.5 cm³/mol. The van der Waals surface area contributed by atoms with Crippen molar-refractivity contribution in [2.24, 2.45) is 0 Å². The van der Waals surface area contributed by atoms with Crippen LogP contribution in [0.3, 0.4) is 0 Å². The lowest BCUT2D eigenvalue weighted by Crippen LogP contribution is -2.30. The molecule has 19 heavy (non-hydrogen) atoms. The molecule has 0 saturated heterocycles. The van der Waals surface area contributed by atoms with Crippen molar-refractivity contribution in [3.63, 3.8) is 0 Å². The van der Waals surface area contributed by atoms with Crippen molar-refractivity contribution in [3.8, 4) is 10.6 Å². The zero-order chi connectivity index (χ0) is 12.4. The molecule has 90 valence electrons. The highest BCUT2D eigenvalue weighted by atomic mass is 32.2. The minimum atomic E-state index is 0.889. The van der Waals surface area contributed by atoms with E-state index in [1.54, 1.807) is 0 Å². The van der Waals surface area contributed by atoms with Gasteiger partial charge in [0, 0.05) is 18.6 Å². The van der Waals surface area contributed by atoms with E-state index in [1.165, 1.54) is 35.9 Å². The van der Waals surface area contributed by atoms with Crippen LogP contribution in [-0.2, 0) is 6.54 Å². The molecule has 0 amide bonds. The first-order valence-electron chi connectivity index (χ1n) is 6.05. The first kappa shape index (κ1) is 10.00. The highest BCUT2D eigenvalue weighted by molar-refractivity contribution is 7.42. The average Bonchev–Trinajstić information content (AvgIpc) is 3.05. The number of pyridine rings is 2. The van der Waals surface area contributed by atoms with Gasteiger partial charge in [-0.2, -0.15) is 4.57 Å². The zero-order valence-corrected chi connectivity index (χ0v) is 11.5. The maximum Gasteiger partial charge on any atom is 0.273 e. The van der Waals surface area contributed by atoms with E-state index in [2.05, 4.69) is 26.7 Å². The highest BCUT2D eigenvalue weighted by Crippen LogP contribution is 2.41. The maximum absolute atomic E-state index is 4.49. The van der Waals surface area contributed by atoms with Crippen LogP contribution in [0.5, 0.6) is 0 Å². The minimum absolute atomic E-state index is 0.889. The Labute approximate surface area is 116 Å². The SMILES string of the molecule is c1cnc2c(c1)-c1sc3sc4cnccc4c3[n+]1C2. The van der Waals surface area contributed by atoms with Crippen LogP contribution in [0, 0.1) is 0 Å². The van der Waals surface area contributed by atoms with Crippen molar-refractivity contribution < 1.29 is 4.57 Å². The number of thiophene rings is 1. The number of rotatable bonds is 0. The molecule has 0 saturated carbocycles. The lowest BCUT2D eigenvalue weighted by molar-refractivity contribution is -0.641. The Bertz CT molecular complexity index is 952. The Kier molecular flexibility index (Phi) is 1.78. The summed E-state index contributed by atoms with van der Waals surface area (Å²) in [5, 5.41) is 2.65. The second-order valence-corrected chi connectivity index (χ2v) is 6.91. The van der Waals surface area contributed by atoms with Gasteiger partial charge < -0.3 is 0 Å². The first-order valence-corrected chi connectivity index (χ1v) is 7.68. The molecule has 0 aromatic carbocycles. The fraction of sp³-hybridized carbons (Fsp3) is 0.0714. The van der Waals surface area contributed by atoms with Crippen LogP contribution in [0.25, 0.3) is 30.2 Å². The molecular weight excluding hydrogens is 274 g/mol. The van der Waals surface area contributed by atoms with E-state index in [0.29, 0.717) is 0 Å². The van der Waals surface area contributed by atoms with E-state index < -0.39 is 0 Å². The van der Waals surface area contributed by atoms with E-state index in [4.69, 9.17) is 0 Å². The summed E-state index contributed by atoms with van der Waals surface area (Å²) in [5.74, 6) is 0. The van der Waals surface area contributed by atoms with Crippen LogP contribution in [0.1, 0.15) is 5.69 Å². The molecule has 0 aliphatic carbocycles. The molecule has 1 aliphatic heterocycles. The molecule has 0 N–H and O–H groups in total. The number of hydrogen-bond donors (Lipinski definition) is 0. The van der Waals surface area contributed by atoms with Gasteiger partial charge in [-0.25, -0.2) is 0 Å². The smallest absolute Gasteiger partial charge is 0.263 e. The summed E-state index contributed by atoms with van der Waals surface area (Å²) >= 11 is 3.70. The Morgan fingerprint density at radius 3 is 3.16 bits per heavy atom. The molecule has 3 nitrogen and oxygen atoms in total. The molecule has 0 radical (unpaired) electrons. The van der Waals surface area contributed by atoms with Gasteiger partial charge in [0.15, 0.2) is 10.6 Å².